The maximum absolute atomic E-state index is 12.4. The van der Waals surface area contributed by atoms with E-state index in [2.05, 4.69) is 15.3 Å². The van der Waals surface area contributed by atoms with Crippen LogP contribution >= 0.6 is 0 Å². The van der Waals surface area contributed by atoms with Crippen LogP contribution in [0.2, 0.25) is 0 Å². The molecule has 0 spiro atoms. The largest absolute Gasteiger partial charge is 0.417 e. The minimum Gasteiger partial charge on any atom is -0.307 e. The molecule has 122 valence electrons. The van der Waals surface area contributed by atoms with Crippen molar-refractivity contribution < 1.29 is 18.0 Å². The second-order valence-corrected chi connectivity index (χ2v) is 6.07. The normalized spacial score (nSPS) is 12.1. The minimum atomic E-state index is -4.46. The Morgan fingerprint density at radius 1 is 1.00 bits per heavy atom. The number of hydrogen-bond donors (Lipinski definition) is 1. The number of pyridine rings is 2. The zero-order chi connectivity index (χ0) is 17.3. The number of alkyl halides is 3. The molecule has 0 aromatic carbocycles. The Morgan fingerprint density at radius 3 is 2.13 bits per heavy atom. The van der Waals surface area contributed by atoms with E-state index in [9.17, 15) is 18.0 Å². The van der Waals surface area contributed by atoms with Crippen LogP contribution in [0.15, 0.2) is 36.7 Å². The Balaban J connectivity index is 2.10. The third-order valence-corrected chi connectivity index (χ3v) is 3.13. The van der Waals surface area contributed by atoms with Gasteiger partial charge in [-0.15, -0.1) is 0 Å². The molecule has 0 bridgehead atoms. The molecule has 0 radical (unpaired) electrons. The van der Waals surface area contributed by atoms with Crippen LogP contribution in [0, 0.1) is 0 Å². The molecule has 2 aromatic rings. The summed E-state index contributed by atoms with van der Waals surface area (Å²) in [4.78, 5) is 19.9. The van der Waals surface area contributed by atoms with Gasteiger partial charge in [-0.2, -0.15) is 13.2 Å². The van der Waals surface area contributed by atoms with E-state index in [4.69, 9.17) is 0 Å². The fourth-order valence-electron chi connectivity index (χ4n) is 1.80. The fraction of sp³-hybridized carbons (Fsp3) is 0.312. The highest BCUT2D eigenvalue weighted by atomic mass is 19.4. The van der Waals surface area contributed by atoms with Gasteiger partial charge in [0.2, 0.25) is 0 Å². The lowest BCUT2D eigenvalue weighted by atomic mass is 9.91. The van der Waals surface area contributed by atoms with Gasteiger partial charge in [0.25, 0.3) is 5.91 Å². The molecule has 1 N–H and O–H groups in total. The number of aromatic nitrogens is 2. The molecule has 0 saturated carbocycles. The summed E-state index contributed by atoms with van der Waals surface area (Å²) in [5.41, 5.74) is 0.136. The zero-order valence-corrected chi connectivity index (χ0v) is 12.9. The van der Waals surface area contributed by atoms with Crippen LogP contribution in [0.25, 0.3) is 0 Å². The van der Waals surface area contributed by atoms with Gasteiger partial charge in [-0.1, -0.05) is 20.8 Å². The summed E-state index contributed by atoms with van der Waals surface area (Å²) in [7, 11) is 0. The summed E-state index contributed by atoms with van der Waals surface area (Å²) in [5, 5.41) is 2.44. The number of nitrogens with one attached hydrogen (secondary N) is 1. The molecule has 0 aliphatic rings. The van der Waals surface area contributed by atoms with E-state index < -0.39 is 17.6 Å². The Kier molecular flexibility index (Phi) is 4.40. The van der Waals surface area contributed by atoms with Crippen molar-refractivity contribution in [3.8, 4) is 0 Å². The van der Waals surface area contributed by atoms with Gasteiger partial charge in [0.1, 0.15) is 5.82 Å². The van der Waals surface area contributed by atoms with Crippen molar-refractivity contribution in [1.29, 1.82) is 0 Å². The van der Waals surface area contributed by atoms with E-state index in [0.29, 0.717) is 11.8 Å². The first kappa shape index (κ1) is 16.9. The maximum Gasteiger partial charge on any atom is 0.417 e. The second-order valence-electron chi connectivity index (χ2n) is 6.07. The predicted octanol–water partition coefficient (Wildman–Crippen LogP) is 4.05. The van der Waals surface area contributed by atoms with Gasteiger partial charge < -0.3 is 5.32 Å². The van der Waals surface area contributed by atoms with Crippen LogP contribution in [-0.4, -0.2) is 15.9 Å². The lowest BCUT2D eigenvalue weighted by Gasteiger charge is -2.17. The van der Waals surface area contributed by atoms with E-state index in [-0.39, 0.29) is 11.2 Å². The molecule has 2 heterocycles. The quantitative estimate of drug-likeness (QED) is 0.907. The van der Waals surface area contributed by atoms with Gasteiger partial charge in [-0.25, -0.2) is 4.98 Å². The molecule has 0 aliphatic carbocycles. The van der Waals surface area contributed by atoms with Crippen LogP contribution in [-0.2, 0) is 11.6 Å². The van der Waals surface area contributed by atoms with Gasteiger partial charge in [-0.05, 0) is 24.3 Å². The Labute approximate surface area is 131 Å². The van der Waals surface area contributed by atoms with Crippen LogP contribution in [0.1, 0.15) is 42.4 Å². The molecule has 1 amide bonds. The molecular formula is C16H16F3N3O. The second kappa shape index (κ2) is 5.98. The smallest absolute Gasteiger partial charge is 0.307 e. The number of carbonyl (C=O) groups excluding carboxylic acids is 1. The van der Waals surface area contributed by atoms with Gasteiger partial charge in [0.15, 0.2) is 0 Å². The van der Waals surface area contributed by atoms with Crippen molar-refractivity contribution in [3.63, 3.8) is 0 Å². The minimum absolute atomic E-state index is 0.0443. The zero-order valence-electron chi connectivity index (χ0n) is 12.9. The van der Waals surface area contributed by atoms with Crippen molar-refractivity contribution in [2.75, 3.05) is 5.32 Å². The number of rotatable bonds is 2. The SMILES string of the molecule is CC(C)(C)c1ccc(C(=O)Nc2ccc(C(F)(F)F)cn2)cn1. The first-order chi connectivity index (χ1) is 10.6. The van der Waals surface area contributed by atoms with Crippen LogP contribution in [0.4, 0.5) is 19.0 Å². The summed E-state index contributed by atoms with van der Waals surface area (Å²) < 4.78 is 37.3. The van der Waals surface area contributed by atoms with Crippen molar-refractivity contribution in [1.82, 2.24) is 9.97 Å². The predicted molar refractivity (Wildman–Crippen MR) is 80.1 cm³/mol. The fourth-order valence-corrected chi connectivity index (χ4v) is 1.80. The number of amides is 1. The molecule has 4 nitrogen and oxygen atoms in total. The van der Waals surface area contributed by atoms with Crippen molar-refractivity contribution in [2.24, 2.45) is 0 Å². The number of nitrogens with zero attached hydrogens (tertiary/aromatic N) is 2. The molecule has 0 unspecified atom stereocenters. The summed E-state index contributed by atoms with van der Waals surface area (Å²) in [6, 6.07) is 5.34. The topological polar surface area (TPSA) is 54.9 Å². The molecule has 2 rings (SSSR count). The van der Waals surface area contributed by atoms with Crippen LogP contribution < -0.4 is 5.32 Å². The molecule has 0 fully saturated rings. The summed E-state index contributed by atoms with van der Waals surface area (Å²) in [6.45, 7) is 6.00. The highest BCUT2D eigenvalue weighted by Gasteiger charge is 2.30. The third kappa shape index (κ3) is 4.28. The standard InChI is InChI=1S/C16H16F3N3O/c1-15(2,3)12-6-4-10(8-20-12)14(23)22-13-7-5-11(9-21-13)16(17,18)19/h4-9H,1-3H3,(H,21,22,23). The molecular weight excluding hydrogens is 307 g/mol. The Bertz CT molecular complexity index is 686. The van der Waals surface area contributed by atoms with Crippen molar-refractivity contribution in [3.05, 3.63) is 53.5 Å². The van der Waals surface area contributed by atoms with E-state index >= 15 is 0 Å². The maximum atomic E-state index is 12.4. The van der Waals surface area contributed by atoms with Crippen LogP contribution in [0.5, 0.6) is 0 Å². The van der Waals surface area contributed by atoms with E-state index in [1.54, 1.807) is 12.1 Å². The summed E-state index contributed by atoms with van der Waals surface area (Å²) >= 11 is 0. The molecule has 23 heavy (non-hydrogen) atoms. The molecule has 0 aliphatic heterocycles. The van der Waals surface area contributed by atoms with E-state index in [0.717, 1.165) is 17.8 Å². The average molecular weight is 323 g/mol. The first-order valence-electron chi connectivity index (χ1n) is 6.88. The number of carbonyl (C=O) groups is 1. The monoisotopic (exact) mass is 323 g/mol. The summed E-state index contributed by atoms with van der Waals surface area (Å²) in [5.74, 6) is -0.437. The van der Waals surface area contributed by atoms with E-state index in [1.807, 2.05) is 20.8 Å². The first-order valence-corrected chi connectivity index (χ1v) is 6.88. The molecule has 2 aromatic heterocycles. The number of anilines is 1. The molecule has 7 heteroatoms. The Morgan fingerprint density at radius 2 is 1.70 bits per heavy atom. The lowest BCUT2D eigenvalue weighted by Crippen LogP contribution is -2.17. The number of hydrogen-bond acceptors (Lipinski definition) is 3. The average Bonchev–Trinajstić information content (AvgIpc) is 2.46. The van der Waals surface area contributed by atoms with Gasteiger partial charge in [0, 0.05) is 23.5 Å². The van der Waals surface area contributed by atoms with Crippen LogP contribution in [0.3, 0.4) is 0 Å². The highest BCUT2D eigenvalue weighted by molar-refractivity contribution is 6.03. The van der Waals surface area contributed by atoms with E-state index in [1.165, 1.54) is 6.20 Å². The Hall–Kier alpha value is -2.44. The van der Waals surface area contributed by atoms with Crippen molar-refractivity contribution in [2.45, 2.75) is 32.4 Å². The number of halogens is 3. The highest BCUT2D eigenvalue weighted by Crippen LogP contribution is 2.28. The lowest BCUT2D eigenvalue weighted by molar-refractivity contribution is -0.137. The van der Waals surface area contributed by atoms with Gasteiger partial charge in [0.05, 0.1) is 11.1 Å². The van der Waals surface area contributed by atoms with Crippen molar-refractivity contribution >= 4 is 11.7 Å². The third-order valence-electron chi connectivity index (χ3n) is 3.13. The summed E-state index contributed by atoms with van der Waals surface area (Å²) in [6.07, 6.45) is -2.35. The van der Waals surface area contributed by atoms with Gasteiger partial charge in [-0.3, -0.25) is 9.78 Å². The van der Waals surface area contributed by atoms with Gasteiger partial charge >= 0.3 is 6.18 Å². The molecule has 0 atom stereocenters. The molecule has 0 saturated heterocycles.